The maximum Gasteiger partial charge on any atom is 0.155 e. The summed E-state index contributed by atoms with van der Waals surface area (Å²) >= 11 is 9.53. The molecular formula is C12H10BrClN2O2. The fourth-order valence-corrected chi connectivity index (χ4v) is 2.27. The molecule has 1 aromatic carbocycles. The van der Waals surface area contributed by atoms with Gasteiger partial charge in [-0.25, -0.2) is 4.68 Å². The second-order valence-electron chi connectivity index (χ2n) is 3.59. The van der Waals surface area contributed by atoms with Crippen molar-refractivity contribution in [3.63, 3.8) is 0 Å². The Morgan fingerprint density at radius 2 is 2.33 bits per heavy atom. The van der Waals surface area contributed by atoms with Gasteiger partial charge in [0.05, 0.1) is 17.9 Å². The highest BCUT2D eigenvalue weighted by molar-refractivity contribution is 9.10. The lowest BCUT2D eigenvalue weighted by molar-refractivity contribution is 0.111. The number of aldehydes is 1. The zero-order chi connectivity index (χ0) is 13.1. The molecule has 94 valence electrons. The van der Waals surface area contributed by atoms with Crippen LogP contribution in [0.5, 0.6) is 0 Å². The summed E-state index contributed by atoms with van der Waals surface area (Å²) < 4.78 is 7.42. The molecule has 0 spiro atoms. The molecule has 2 rings (SSSR count). The first-order chi connectivity index (χ1) is 8.67. The van der Waals surface area contributed by atoms with Gasteiger partial charge in [0, 0.05) is 11.6 Å². The fourth-order valence-electron chi connectivity index (χ4n) is 1.59. The average molecular weight is 330 g/mol. The predicted molar refractivity (Wildman–Crippen MR) is 72.4 cm³/mol. The number of aromatic nitrogens is 2. The molecule has 0 unspecified atom stereocenters. The third-order valence-corrected chi connectivity index (χ3v) is 3.25. The maximum atomic E-state index is 11.0. The summed E-state index contributed by atoms with van der Waals surface area (Å²) in [6.07, 6.45) is 0.693. The molecule has 2 aromatic rings. The van der Waals surface area contributed by atoms with Crippen molar-refractivity contribution < 1.29 is 9.53 Å². The van der Waals surface area contributed by atoms with Crippen molar-refractivity contribution in [3.05, 3.63) is 45.1 Å². The van der Waals surface area contributed by atoms with E-state index in [1.807, 2.05) is 24.3 Å². The van der Waals surface area contributed by atoms with Gasteiger partial charge in [-0.15, -0.1) is 0 Å². The lowest BCUT2D eigenvalue weighted by atomic mass is 10.3. The van der Waals surface area contributed by atoms with Crippen molar-refractivity contribution in [2.75, 3.05) is 7.11 Å². The van der Waals surface area contributed by atoms with Crippen LogP contribution in [0.15, 0.2) is 28.7 Å². The average Bonchev–Trinajstić information content (AvgIpc) is 2.66. The molecule has 0 aliphatic carbocycles. The summed E-state index contributed by atoms with van der Waals surface area (Å²) in [5.74, 6) is 0. The molecule has 0 amide bonds. The van der Waals surface area contributed by atoms with Crippen molar-refractivity contribution in [1.82, 2.24) is 9.78 Å². The van der Waals surface area contributed by atoms with Crippen molar-refractivity contribution in [3.8, 4) is 5.69 Å². The fraction of sp³-hybridized carbons (Fsp3) is 0.167. The van der Waals surface area contributed by atoms with Gasteiger partial charge in [-0.05, 0) is 18.2 Å². The van der Waals surface area contributed by atoms with Gasteiger partial charge in [0.1, 0.15) is 10.8 Å². The Hall–Kier alpha value is -1.17. The number of carbonyl (C=O) groups excluding carboxylic acids is 1. The number of carbonyl (C=O) groups is 1. The Labute approximate surface area is 118 Å². The van der Waals surface area contributed by atoms with Gasteiger partial charge in [-0.2, -0.15) is 5.10 Å². The monoisotopic (exact) mass is 328 g/mol. The number of hydrogen-bond donors (Lipinski definition) is 0. The molecule has 0 saturated carbocycles. The Bertz CT molecular complexity index is 583. The first-order valence-electron chi connectivity index (χ1n) is 5.15. The molecular weight excluding hydrogens is 320 g/mol. The van der Waals surface area contributed by atoms with E-state index >= 15 is 0 Å². The maximum absolute atomic E-state index is 11.0. The smallest absolute Gasteiger partial charge is 0.155 e. The summed E-state index contributed by atoms with van der Waals surface area (Å²) in [5.41, 5.74) is 1.66. The zero-order valence-electron chi connectivity index (χ0n) is 9.56. The van der Waals surface area contributed by atoms with Crippen LogP contribution in [0.2, 0.25) is 5.15 Å². The van der Waals surface area contributed by atoms with Gasteiger partial charge >= 0.3 is 0 Å². The number of benzene rings is 1. The summed E-state index contributed by atoms with van der Waals surface area (Å²) in [6.45, 7) is 0.245. The number of nitrogens with zero attached hydrogens (tertiary/aromatic N) is 2. The van der Waals surface area contributed by atoms with Crippen molar-refractivity contribution in [2.24, 2.45) is 0 Å². The zero-order valence-corrected chi connectivity index (χ0v) is 11.9. The molecule has 6 heteroatoms. The van der Waals surface area contributed by atoms with Crippen molar-refractivity contribution >= 4 is 33.8 Å². The van der Waals surface area contributed by atoms with Gasteiger partial charge in [0.25, 0.3) is 0 Å². The number of hydrogen-bond acceptors (Lipinski definition) is 3. The highest BCUT2D eigenvalue weighted by Crippen LogP contribution is 2.24. The van der Waals surface area contributed by atoms with Crippen LogP contribution in [-0.4, -0.2) is 23.2 Å². The molecule has 0 saturated heterocycles. The summed E-state index contributed by atoms with van der Waals surface area (Å²) in [4.78, 5) is 11.0. The molecule has 0 fully saturated rings. The highest BCUT2D eigenvalue weighted by atomic mass is 79.9. The van der Waals surface area contributed by atoms with Gasteiger partial charge in [0.2, 0.25) is 0 Å². The lowest BCUT2D eigenvalue weighted by Gasteiger charge is -2.03. The van der Waals surface area contributed by atoms with Crippen LogP contribution in [0.25, 0.3) is 5.69 Å². The van der Waals surface area contributed by atoms with Crippen LogP contribution >= 0.6 is 27.5 Å². The third-order valence-electron chi connectivity index (χ3n) is 2.39. The highest BCUT2D eigenvalue weighted by Gasteiger charge is 2.16. The predicted octanol–water partition coefficient (Wildman–Crippen LogP) is 3.25. The number of methoxy groups -OCH3 is 1. The number of rotatable bonds is 4. The molecule has 1 heterocycles. The Morgan fingerprint density at radius 1 is 1.56 bits per heavy atom. The second-order valence-corrected chi connectivity index (χ2v) is 4.87. The minimum atomic E-state index is 0.245. The van der Waals surface area contributed by atoms with E-state index in [0.717, 1.165) is 10.2 Å². The lowest BCUT2D eigenvalue weighted by Crippen LogP contribution is -1.98. The third kappa shape index (κ3) is 2.48. The molecule has 18 heavy (non-hydrogen) atoms. The molecule has 0 atom stereocenters. The van der Waals surface area contributed by atoms with E-state index in [4.69, 9.17) is 16.3 Å². The van der Waals surface area contributed by atoms with Crippen LogP contribution in [-0.2, 0) is 11.3 Å². The first-order valence-corrected chi connectivity index (χ1v) is 6.32. The van der Waals surface area contributed by atoms with Gasteiger partial charge in [-0.1, -0.05) is 33.6 Å². The van der Waals surface area contributed by atoms with Crippen molar-refractivity contribution in [2.45, 2.75) is 6.61 Å². The minimum Gasteiger partial charge on any atom is -0.378 e. The van der Waals surface area contributed by atoms with Crippen molar-refractivity contribution in [1.29, 1.82) is 0 Å². The minimum absolute atomic E-state index is 0.245. The van der Waals surface area contributed by atoms with Crippen LogP contribution < -0.4 is 0 Å². The van der Waals surface area contributed by atoms with E-state index in [-0.39, 0.29) is 11.8 Å². The number of ether oxygens (including phenoxy) is 1. The first kappa shape index (κ1) is 13.3. The van der Waals surface area contributed by atoms with Gasteiger partial charge < -0.3 is 4.74 Å². The molecule has 0 radical (unpaired) electrons. The quantitative estimate of drug-likeness (QED) is 0.809. The van der Waals surface area contributed by atoms with E-state index in [0.29, 0.717) is 17.5 Å². The standard InChI is InChI=1S/C12H10BrClN2O2/c1-18-7-11-10(6-17)12(14)16(15-11)9-4-2-3-8(13)5-9/h2-6H,7H2,1H3. The van der Waals surface area contributed by atoms with E-state index in [1.165, 1.54) is 4.68 Å². The van der Waals surface area contributed by atoms with Crippen LogP contribution in [0.4, 0.5) is 0 Å². The van der Waals surface area contributed by atoms with Crippen LogP contribution in [0.1, 0.15) is 16.1 Å². The molecule has 0 bridgehead atoms. The molecule has 0 aliphatic heterocycles. The van der Waals surface area contributed by atoms with Crippen LogP contribution in [0.3, 0.4) is 0 Å². The molecule has 0 N–H and O–H groups in total. The normalized spacial score (nSPS) is 10.6. The largest absolute Gasteiger partial charge is 0.378 e. The summed E-state index contributed by atoms with van der Waals surface area (Å²) in [5, 5.41) is 4.58. The van der Waals surface area contributed by atoms with E-state index in [1.54, 1.807) is 7.11 Å². The van der Waals surface area contributed by atoms with Gasteiger partial charge in [0.15, 0.2) is 6.29 Å². The molecule has 4 nitrogen and oxygen atoms in total. The Balaban J connectivity index is 2.54. The summed E-state index contributed by atoms with van der Waals surface area (Å²) in [7, 11) is 1.54. The Morgan fingerprint density at radius 3 is 2.94 bits per heavy atom. The second kappa shape index (κ2) is 5.65. The SMILES string of the molecule is COCc1nn(-c2cccc(Br)c2)c(Cl)c1C=O. The van der Waals surface area contributed by atoms with E-state index in [9.17, 15) is 4.79 Å². The molecule has 0 aliphatic rings. The topological polar surface area (TPSA) is 44.1 Å². The molecule has 1 aromatic heterocycles. The Kier molecular flexibility index (Phi) is 4.16. The summed E-state index contributed by atoms with van der Waals surface area (Å²) in [6, 6.07) is 7.49. The van der Waals surface area contributed by atoms with E-state index in [2.05, 4.69) is 21.0 Å². The van der Waals surface area contributed by atoms with E-state index < -0.39 is 0 Å². The van der Waals surface area contributed by atoms with Gasteiger partial charge in [-0.3, -0.25) is 4.79 Å². The number of halogens is 2. The van der Waals surface area contributed by atoms with Crippen LogP contribution in [0, 0.1) is 0 Å².